The van der Waals surface area contributed by atoms with E-state index in [9.17, 15) is 4.79 Å². The Bertz CT molecular complexity index is 504. The fourth-order valence-corrected chi connectivity index (χ4v) is 2.70. The first-order valence-electron chi connectivity index (χ1n) is 8.07. The van der Waals surface area contributed by atoms with E-state index in [1.165, 1.54) is 5.56 Å². The number of hydrogen-bond donors (Lipinski definition) is 1. The van der Waals surface area contributed by atoms with Gasteiger partial charge < -0.3 is 10.2 Å². The van der Waals surface area contributed by atoms with Gasteiger partial charge in [-0.1, -0.05) is 45.9 Å². The molecule has 1 fully saturated rings. The summed E-state index contributed by atoms with van der Waals surface area (Å²) in [5, 5.41) is 3.17. The number of benzene rings is 1. The first-order valence-corrected chi connectivity index (χ1v) is 8.07. The second-order valence-electron chi connectivity index (χ2n) is 6.90. The van der Waals surface area contributed by atoms with Crippen LogP contribution in [0.25, 0.3) is 0 Å². The summed E-state index contributed by atoms with van der Waals surface area (Å²) < 4.78 is 0. The average molecular weight is 288 g/mol. The molecule has 0 saturated heterocycles. The van der Waals surface area contributed by atoms with Gasteiger partial charge in [-0.25, -0.2) is 4.79 Å². The van der Waals surface area contributed by atoms with E-state index in [1.807, 2.05) is 4.90 Å². The molecule has 0 atom stereocenters. The quantitative estimate of drug-likeness (QED) is 0.831. The Balaban J connectivity index is 2.18. The van der Waals surface area contributed by atoms with Crippen LogP contribution in [0.5, 0.6) is 0 Å². The highest BCUT2D eigenvalue weighted by Crippen LogP contribution is 2.31. The summed E-state index contributed by atoms with van der Waals surface area (Å²) in [4.78, 5) is 14.7. The topological polar surface area (TPSA) is 32.3 Å². The van der Waals surface area contributed by atoms with Crippen molar-refractivity contribution in [2.45, 2.75) is 59.4 Å². The van der Waals surface area contributed by atoms with Gasteiger partial charge >= 0.3 is 6.03 Å². The van der Waals surface area contributed by atoms with Crippen molar-refractivity contribution in [1.82, 2.24) is 4.90 Å². The normalized spacial score (nSPS) is 14.6. The first-order chi connectivity index (χ1) is 9.90. The Hall–Kier alpha value is -1.51. The molecule has 0 aliphatic heterocycles. The Morgan fingerprint density at radius 1 is 1.29 bits per heavy atom. The number of anilines is 1. The maximum Gasteiger partial charge on any atom is 0.322 e. The predicted molar refractivity (Wildman–Crippen MR) is 88.9 cm³/mol. The molecule has 116 valence electrons. The number of hydrogen-bond acceptors (Lipinski definition) is 1. The molecule has 0 unspecified atom stereocenters. The van der Waals surface area contributed by atoms with Crippen molar-refractivity contribution in [3.63, 3.8) is 0 Å². The largest absolute Gasteiger partial charge is 0.322 e. The fraction of sp³-hybridized carbons (Fsp3) is 0.611. The second-order valence-corrected chi connectivity index (χ2v) is 6.90. The van der Waals surface area contributed by atoms with Crippen LogP contribution in [0.1, 0.15) is 57.6 Å². The number of rotatable bonds is 5. The van der Waals surface area contributed by atoms with Gasteiger partial charge in [-0.3, -0.25) is 0 Å². The van der Waals surface area contributed by atoms with Crippen LogP contribution in [0.4, 0.5) is 10.5 Å². The number of aryl methyl sites for hydroxylation is 1. The van der Waals surface area contributed by atoms with Crippen molar-refractivity contribution in [3.05, 3.63) is 29.3 Å². The van der Waals surface area contributed by atoms with Crippen molar-refractivity contribution < 1.29 is 4.79 Å². The Labute approximate surface area is 128 Å². The third kappa shape index (κ3) is 3.99. The zero-order valence-electron chi connectivity index (χ0n) is 13.9. The summed E-state index contributed by atoms with van der Waals surface area (Å²) in [5.74, 6) is 0.900. The van der Waals surface area contributed by atoms with E-state index in [0.717, 1.165) is 30.6 Å². The van der Waals surface area contributed by atoms with Crippen molar-refractivity contribution in [3.8, 4) is 0 Å². The Kier molecular flexibility index (Phi) is 4.92. The summed E-state index contributed by atoms with van der Waals surface area (Å²) in [6.07, 6.45) is 2.29. The van der Waals surface area contributed by atoms with E-state index in [4.69, 9.17) is 0 Å². The van der Waals surface area contributed by atoms with Crippen LogP contribution in [0.2, 0.25) is 0 Å². The molecule has 3 nitrogen and oxygen atoms in total. The number of nitrogens with zero attached hydrogens (tertiary/aromatic N) is 1. The Morgan fingerprint density at radius 2 is 1.95 bits per heavy atom. The number of carbonyl (C=O) groups excluding carboxylic acids is 1. The van der Waals surface area contributed by atoms with Crippen LogP contribution in [-0.4, -0.2) is 23.5 Å². The average Bonchev–Trinajstić information content (AvgIpc) is 3.22. The minimum Gasteiger partial charge on any atom is -0.321 e. The summed E-state index contributed by atoms with van der Waals surface area (Å²) in [6.45, 7) is 11.5. The molecule has 21 heavy (non-hydrogen) atoms. The SMILES string of the molecule is Cc1cccc(C(C)C)c1NC(=O)N(CC(C)C)C1CC1. The lowest BCUT2D eigenvalue weighted by Crippen LogP contribution is -2.39. The third-order valence-corrected chi connectivity index (χ3v) is 3.97. The monoisotopic (exact) mass is 288 g/mol. The van der Waals surface area contributed by atoms with Gasteiger partial charge in [-0.05, 0) is 42.7 Å². The van der Waals surface area contributed by atoms with E-state index in [2.05, 4.69) is 58.1 Å². The first kappa shape index (κ1) is 15.9. The molecule has 3 heteroatoms. The van der Waals surface area contributed by atoms with Crippen LogP contribution in [0, 0.1) is 12.8 Å². The summed E-state index contributed by atoms with van der Waals surface area (Å²) in [7, 11) is 0. The lowest BCUT2D eigenvalue weighted by molar-refractivity contribution is 0.201. The smallest absolute Gasteiger partial charge is 0.321 e. The summed E-state index contributed by atoms with van der Waals surface area (Å²) in [6, 6.07) is 6.73. The zero-order chi connectivity index (χ0) is 15.6. The van der Waals surface area contributed by atoms with Gasteiger partial charge in [-0.2, -0.15) is 0 Å². The highest BCUT2D eigenvalue weighted by atomic mass is 16.2. The molecule has 2 rings (SSSR count). The van der Waals surface area contributed by atoms with E-state index in [0.29, 0.717) is 17.9 Å². The maximum atomic E-state index is 12.7. The fourth-order valence-electron chi connectivity index (χ4n) is 2.70. The van der Waals surface area contributed by atoms with Crippen LogP contribution in [0.15, 0.2) is 18.2 Å². The van der Waals surface area contributed by atoms with E-state index in [-0.39, 0.29) is 6.03 Å². The number of amides is 2. The van der Waals surface area contributed by atoms with Crippen molar-refractivity contribution in [2.24, 2.45) is 5.92 Å². The van der Waals surface area contributed by atoms with Gasteiger partial charge in [0.25, 0.3) is 0 Å². The standard InChI is InChI=1S/C18H28N2O/c1-12(2)11-20(15-9-10-15)18(21)19-17-14(5)7-6-8-16(17)13(3)4/h6-8,12-13,15H,9-11H2,1-5H3,(H,19,21). The van der Waals surface area contributed by atoms with E-state index in [1.54, 1.807) is 0 Å². The van der Waals surface area contributed by atoms with Crippen LogP contribution in [-0.2, 0) is 0 Å². The highest BCUT2D eigenvalue weighted by Gasteiger charge is 2.33. The summed E-state index contributed by atoms with van der Waals surface area (Å²) >= 11 is 0. The Morgan fingerprint density at radius 3 is 2.48 bits per heavy atom. The van der Waals surface area contributed by atoms with Gasteiger partial charge in [0.2, 0.25) is 0 Å². The van der Waals surface area contributed by atoms with Crippen LogP contribution >= 0.6 is 0 Å². The predicted octanol–water partition coefficient (Wildman–Crippen LogP) is 4.77. The molecule has 0 heterocycles. The summed E-state index contributed by atoms with van der Waals surface area (Å²) in [5.41, 5.74) is 3.34. The molecule has 1 aromatic rings. The third-order valence-electron chi connectivity index (χ3n) is 3.97. The second kappa shape index (κ2) is 6.50. The molecule has 1 aliphatic carbocycles. The molecule has 0 bridgehead atoms. The molecular weight excluding hydrogens is 260 g/mol. The zero-order valence-corrected chi connectivity index (χ0v) is 13.9. The number of para-hydroxylation sites is 1. The van der Waals surface area contributed by atoms with Crippen LogP contribution in [0.3, 0.4) is 0 Å². The van der Waals surface area contributed by atoms with E-state index >= 15 is 0 Å². The maximum absolute atomic E-state index is 12.7. The van der Waals surface area contributed by atoms with E-state index < -0.39 is 0 Å². The number of nitrogens with one attached hydrogen (secondary N) is 1. The number of urea groups is 1. The van der Waals surface area contributed by atoms with Gasteiger partial charge in [0, 0.05) is 18.3 Å². The molecule has 0 spiro atoms. The van der Waals surface area contributed by atoms with Crippen molar-refractivity contribution in [2.75, 3.05) is 11.9 Å². The van der Waals surface area contributed by atoms with Gasteiger partial charge in [0.15, 0.2) is 0 Å². The minimum atomic E-state index is 0.0578. The molecule has 1 N–H and O–H groups in total. The lowest BCUT2D eigenvalue weighted by Gasteiger charge is -2.26. The van der Waals surface area contributed by atoms with Crippen LogP contribution < -0.4 is 5.32 Å². The lowest BCUT2D eigenvalue weighted by atomic mass is 9.98. The van der Waals surface area contributed by atoms with Gasteiger partial charge in [-0.15, -0.1) is 0 Å². The molecule has 1 aromatic carbocycles. The minimum absolute atomic E-state index is 0.0578. The molecule has 2 amide bonds. The molecule has 0 radical (unpaired) electrons. The number of carbonyl (C=O) groups is 1. The van der Waals surface area contributed by atoms with Crippen molar-refractivity contribution in [1.29, 1.82) is 0 Å². The van der Waals surface area contributed by atoms with Gasteiger partial charge in [0.1, 0.15) is 0 Å². The van der Waals surface area contributed by atoms with Crippen molar-refractivity contribution >= 4 is 11.7 Å². The van der Waals surface area contributed by atoms with Gasteiger partial charge in [0.05, 0.1) is 0 Å². The molecule has 0 aromatic heterocycles. The molecular formula is C18H28N2O. The molecule has 1 saturated carbocycles. The molecule has 1 aliphatic rings. The highest BCUT2D eigenvalue weighted by molar-refractivity contribution is 5.91.